The van der Waals surface area contributed by atoms with Crippen LogP contribution in [-0.2, 0) is 14.4 Å². The molecule has 0 spiro atoms. The van der Waals surface area contributed by atoms with Gasteiger partial charge in [0.15, 0.2) is 12.1 Å². The van der Waals surface area contributed by atoms with Crippen molar-refractivity contribution < 1.29 is 34.2 Å². The minimum atomic E-state index is -1.34. The summed E-state index contributed by atoms with van der Waals surface area (Å²) >= 11 is 0. The Morgan fingerprint density at radius 3 is 1.26 bits per heavy atom. The van der Waals surface area contributed by atoms with Crippen LogP contribution in [0.2, 0.25) is 0 Å². The van der Waals surface area contributed by atoms with E-state index in [1.807, 2.05) is 20.8 Å². The van der Waals surface area contributed by atoms with Crippen molar-refractivity contribution in [2.75, 3.05) is 6.54 Å². The molecule has 7 heteroatoms. The summed E-state index contributed by atoms with van der Waals surface area (Å²) < 4.78 is -0.447. The van der Waals surface area contributed by atoms with Crippen molar-refractivity contribution in [2.24, 2.45) is 0 Å². The van der Waals surface area contributed by atoms with Crippen molar-refractivity contribution in [3.8, 4) is 0 Å². The van der Waals surface area contributed by atoms with E-state index in [1.165, 1.54) is 70.6 Å². The van der Waals surface area contributed by atoms with Crippen molar-refractivity contribution in [1.82, 2.24) is 0 Å². The van der Waals surface area contributed by atoms with Crippen LogP contribution in [0.5, 0.6) is 0 Å². The van der Waals surface area contributed by atoms with Crippen molar-refractivity contribution in [1.29, 1.82) is 0 Å². The zero-order chi connectivity index (χ0) is 31.6. The van der Waals surface area contributed by atoms with Gasteiger partial charge < -0.3 is 20.1 Å². The second-order valence-electron chi connectivity index (χ2n) is 12.3. The normalized spacial score (nSPS) is 15.3. The van der Waals surface area contributed by atoms with Crippen molar-refractivity contribution in [3.05, 3.63) is 12.2 Å². The molecule has 7 nitrogen and oxygen atoms in total. The number of carboxylic acids is 3. The van der Waals surface area contributed by atoms with Gasteiger partial charge in [-0.1, -0.05) is 110 Å². The number of aliphatic carboxylic acids is 3. The van der Waals surface area contributed by atoms with Crippen LogP contribution in [0, 0.1) is 0 Å². The average Bonchev–Trinajstić information content (AvgIpc) is 2.95. The zero-order valence-corrected chi connectivity index (χ0v) is 27.6. The Hall–Kier alpha value is -1.89. The molecule has 0 aromatic carbocycles. The lowest BCUT2D eigenvalue weighted by atomic mass is 9.91. The first-order valence-electron chi connectivity index (χ1n) is 17.4. The maximum atomic E-state index is 12.6. The molecule has 0 bridgehead atoms. The molecule has 0 saturated heterocycles. The number of quaternary nitrogens is 1. The Bertz CT molecular complexity index is 677. The van der Waals surface area contributed by atoms with E-state index in [2.05, 4.69) is 19.1 Å². The Balaban J connectivity index is 4.97. The van der Waals surface area contributed by atoms with Gasteiger partial charge in [-0.25, -0.2) is 9.59 Å². The molecule has 246 valence electrons. The fourth-order valence-electron chi connectivity index (χ4n) is 6.62. The van der Waals surface area contributed by atoms with E-state index in [4.69, 9.17) is 0 Å². The van der Waals surface area contributed by atoms with Crippen LogP contribution in [-0.4, -0.2) is 57.3 Å². The fraction of sp³-hybridized carbons (Fsp3) is 0.857. The van der Waals surface area contributed by atoms with Gasteiger partial charge in [-0.05, 0) is 51.4 Å². The predicted molar refractivity (Wildman–Crippen MR) is 170 cm³/mol. The number of hydrogen-bond donors (Lipinski definition) is 2. The topological polar surface area (TPSA) is 115 Å². The van der Waals surface area contributed by atoms with Gasteiger partial charge in [0, 0.05) is 19.3 Å². The highest BCUT2D eigenvalue weighted by Crippen LogP contribution is 2.34. The van der Waals surface area contributed by atoms with Gasteiger partial charge >= 0.3 is 11.9 Å². The van der Waals surface area contributed by atoms with Crippen LogP contribution in [0.1, 0.15) is 169 Å². The summed E-state index contributed by atoms with van der Waals surface area (Å²) in [5.74, 6) is -3.58. The third-order valence-electron chi connectivity index (χ3n) is 8.83. The first-order valence-corrected chi connectivity index (χ1v) is 17.4. The molecule has 3 unspecified atom stereocenters. The van der Waals surface area contributed by atoms with E-state index in [-0.39, 0.29) is 25.8 Å². The van der Waals surface area contributed by atoms with E-state index in [1.54, 1.807) is 0 Å². The third kappa shape index (κ3) is 15.5. The van der Waals surface area contributed by atoms with E-state index in [0.717, 1.165) is 25.7 Å². The largest absolute Gasteiger partial charge is 0.544 e. The SMILES string of the molecule is CCCCCCCCCCCCC/C=C/CCCCC[N+](C(CCC)C(=O)[O-])(C(CCC)C(=O)O)C(CCC)C(=O)O. The molecule has 0 aromatic heterocycles. The Morgan fingerprint density at radius 2 is 0.905 bits per heavy atom. The minimum absolute atomic E-state index is 0.200. The number of carboxylic acid groups (broad SMARTS) is 3. The molecule has 0 heterocycles. The molecule has 2 N–H and O–H groups in total. The number of hydrogen-bond acceptors (Lipinski definition) is 4. The summed E-state index contributed by atoms with van der Waals surface area (Å²) in [6, 6.07) is -3.36. The van der Waals surface area contributed by atoms with Gasteiger partial charge in [-0.2, -0.15) is 0 Å². The number of carbonyl (C=O) groups excluding carboxylic acids is 1. The first-order chi connectivity index (χ1) is 20.2. The maximum Gasteiger partial charge on any atom is 0.362 e. The average molecular weight is 596 g/mol. The molecular formula is C35H65NO6. The van der Waals surface area contributed by atoms with Crippen LogP contribution < -0.4 is 5.11 Å². The summed E-state index contributed by atoms with van der Waals surface area (Å²) in [6.45, 7) is 8.04. The Kier molecular flexibility index (Phi) is 24.4. The number of carbonyl (C=O) groups is 3. The lowest BCUT2D eigenvalue weighted by Crippen LogP contribution is -2.74. The van der Waals surface area contributed by atoms with Crippen LogP contribution in [0.15, 0.2) is 12.2 Å². The van der Waals surface area contributed by atoms with Crippen molar-refractivity contribution in [3.63, 3.8) is 0 Å². The second kappa shape index (κ2) is 25.6. The highest BCUT2D eigenvalue weighted by atomic mass is 16.4. The lowest BCUT2D eigenvalue weighted by molar-refractivity contribution is -0.975. The molecule has 0 fully saturated rings. The van der Waals surface area contributed by atoms with Gasteiger partial charge in [-0.15, -0.1) is 0 Å². The lowest BCUT2D eigenvalue weighted by Gasteiger charge is -2.52. The molecule has 0 saturated carbocycles. The summed E-state index contributed by atoms with van der Waals surface area (Å²) in [6.07, 6.45) is 25.8. The van der Waals surface area contributed by atoms with E-state index in [0.29, 0.717) is 25.7 Å². The van der Waals surface area contributed by atoms with Crippen molar-refractivity contribution >= 4 is 17.9 Å². The molecule has 0 aliphatic carbocycles. The molecule has 0 aliphatic rings. The van der Waals surface area contributed by atoms with Crippen LogP contribution >= 0.6 is 0 Å². The van der Waals surface area contributed by atoms with Crippen molar-refractivity contribution in [2.45, 2.75) is 187 Å². The molecule has 0 radical (unpaired) electrons. The number of nitrogens with zero attached hydrogens (tertiary/aromatic N) is 1. The first kappa shape index (κ1) is 40.1. The standard InChI is InChI=1S/C35H65NO6/c1-5-9-10-11-12-13-14-15-16-17-18-19-20-21-22-23-24-25-29-36(30(26-6-2)33(37)38,31(27-7-3)34(39)40)32(28-8-4)35(41)42/h20-21,30-32H,5-19,22-29H2,1-4H3,(H2-,37,38,39,40,41,42)/b21-20+. The number of unbranched alkanes of at least 4 members (excludes halogenated alkanes) is 14. The highest BCUT2D eigenvalue weighted by Gasteiger charge is 2.54. The minimum Gasteiger partial charge on any atom is -0.544 e. The van der Waals surface area contributed by atoms with Gasteiger partial charge in [0.1, 0.15) is 6.04 Å². The van der Waals surface area contributed by atoms with Crippen LogP contribution in [0.4, 0.5) is 0 Å². The summed E-state index contributed by atoms with van der Waals surface area (Å²) in [5, 5.41) is 33.0. The zero-order valence-electron chi connectivity index (χ0n) is 27.6. The maximum absolute atomic E-state index is 12.6. The van der Waals surface area contributed by atoms with E-state index >= 15 is 0 Å². The van der Waals surface area contributed by atoms with Gasteiger partial charge in [0.05, 0.1) is 12.5 Å². The summed E-state index contributed by atoms with van der Waals surface area (Å²) in [7, 11) is 0. The van der Waals surface area contributed by atoms with Gasteiger partial charge in [0.25, 0.3) is 0 Å². The Morgan fingerprint density at radius 1 is 0.548 bits per heavy atom. The van der Waals surface area contributed by atoms with Gasteiger partial charge in [0.2, 0.25) is 0 Å². The molecule has 3 atom stereocenters. The molecule has 0 aromatic rings. The third-order valence-corrected chi connectivity index (χ3v) is 8.83. The Labute approximate surface area is 257 Å². The molecule has 0 aliphatic heterocycles. The van der Waals surface area contributed by atoms with Crippen LogP contribution in [0.25, 0.3) is 0 Å². The quantitative estimate of drug-likeness (QED) is 0.0493. The van der Waals surface area contributed by atoms with Gasteiger partial charge in [-0.3, -0.25) is 4.48 Å². The van der Waals surface area contributed by atoms with Crippen LogP contribution in [0.3, 0.4) is 0 Å². The number of allylic oxidation sites excluding steroid dienone is 2. The fourth-order valence-corrected chi connectivity index (χ4v) is 6.62. The highest BCUT2D eigenvalue weighted by molar-refractivity contribution is 5.77. The van der Waals surface area contributed by atoms with E-state index < -0.39 is 40.5 Å². The monoisotopic (exact) mass is 595 g/mol. The number of rotatable bonds is 30. The molecule has 0 rings (SSSR count). The summed E-state index contributed by atoms with van der Waals surface area (Å²) in [5.41, 5.74) is 0. The second-order valence-corrected chi connectivity index (χ2v) is 12.3. The molecule has 0 amide bonds. The van der Waals surface area contributed by atoms with E-state index in [9.17, 15) is 29.7 Å². The molecule has 42 heavy (non-hydrogen) atoms. The summed E-state index contributed by atoms with van der Waals surface area (Å²) in [4.78, 5) is 37.6. The predicted octanol–water partition coefficient (Wildman–Crippen LogP) is 8.05. The molecular weight excluding hydrogens is 530 g/mol. The smallest absolute Gasteiger partial charge is 0.362 e.